The smallest absolute Gasteiger partial charge is 0.339 e. The molecule has 1 aromatic heterocycles. The van der Waals surface area contributed by atoms with Crippen molar-refractivity contribution in [3.05, 3.63) is 64.0 Å². The highest BCUT2D eigenvalue weighted by molar-refractivity contribution is 6.34. The lowest BCUT2D eigenvalue weighted by atomic mass is 9.97. The summed E-state index contributed by atoms with van der Waals surface area (Å²) in [5.74, 6) is 0.106. The number of hydrogen-bond acceptors (Lipinski definition) is 7. The van der Waals surface area contributed by atoms with Gasteiger partial charge in [0.05, 0.1) is 34.7 Å². The molecule has 0 aliphatic carbocycles. The third-order valence-corrected chi connectivity index (χ3v) is 6.19. The molecule has 2 aromatic carbocycles. The van der Waals surface area contributed by atoms with Gasteiger partial charge < -0.3 is 14.6 Å². The van der Waals surface area contributed by atoms with E-state index in [1.54, 1.807) is 31.2 Å². The molecule has 0 saturated carbocycles. The van der Waals surface area contributed by atoms with Crippen LogP contribution in [-0.2, 0) is 16.1 Å². The monoisotopic (exact) mass is 502 g/mol. The molecule has 1 unspecified atom stereocenters. The Labute approximate surface area is 207 Å². The second kappa shape index (κ2) is 11.0. The maximum atomic E-state index is 12.9. The molecule has 4 rings (SSSR count). The van der Waals surface area contributed by atoms with E-state index in [1.807, 2.05) is 18.2 Å². The summed E-state index contributed by atoms with van der Waals surface area (Å²) in [5, 5.41) is 7.72. The van der Waals surface area contributed by atoms with Crippen LogP contribution >= 0.6 is 23.2 Å². The van der Waals surface area contributed by atoms with Crippen LogP contribution in [0.25, 0.3) is 11.4 Å². The highest BCUT2D eigenvalue weighted by Gasteiger charge is 2.27. The maximum Gasteiger partial charge on any atom is 0.339 e. The number of anilines is 1. The third kappa shape index (κ3) is 5.75. The highest BCUT2D eigenvalue weighted by atomic mass is 35.5. The standard InChI is InChI=1S/C24H24Cl2N4O4/c1-2-33-24(32)18-10-9-16(12-20(18)26)27-23(31)15-6-5-11-30(13-15)14-21-28-22(29-34-21)17-7-3-4-8-19(17)25/h3-4,7-10,12,15H,2,5-6,11,13-14H2,1H3,(H,27,31). The molecular weight excluding hydrogens is 479 g/mol. The Morgan fingerprint density at radius 3 is 2.79 bits per heavy atom. The van der Waals surface area contributed by atoms with Crippen LogP contribution < -0.4 is 5.32 Å². The molecule has 0 spiro atoms. The molecule has 1 amide bonds. The van der Waals surface area contributed by atoms with Crippen LogP contribution in [0.4, 0.5) is 5.69 Å². The normalized spacial score (nSPS) is 16.3. The Kier molecular flexibility index (Phi) is 7.82. The summed E-state index contributed by atoms with van der Waals surface area (Å²) in [6, 6.07) is 12.1. The van der Waals surface area contributed by atoms with Crippen molar-refractivity contribution in [1.82, 2.24) is 15.0 Å². The molecular formula is C24H24Cl2N4O4. The maximum absolute atomic E-state index is 12.9. The Balaban J connectivity index is 1.36. The predicted molar refractivity (Wildman–Crippen MR) is 129 cm³/mol. The van der Waals surface area contributed by atoms with E-state index < -0.39 is 5.97 Å². The summed E-state index contributed by atoms with van der Waals surface area (Å²) in [6.45, 7) is 3.82. The number of nitrogens with one attached hydrogen (secondary N) is 1. The lowest BCUT2D eigenvalue weighted by Crippen LogP contribution is -2.40. The van der Waals surface area contributed by atoms with Gasteiger partial charge in [-0.1, -0.05) is 40.5 Å². The van der Waals surface area contributed by atoms with Gasteiger partial charge in [0.25, 0.3) is 0 Å². The van der Waals surface area contributed by atoms with Crippen LogP contribution in [0.2, 0.25) is 10.0 Å². The van der Waals surface area contributed by atoms with Crippen molar-refractivity contribution in [2.24, 2.45) is 5.92 Å². The van der Waals surface area contributed by atoms with E-state index in [9.17, 15) is 9.59 Å². The molecule has 3 aromatic rings. The van der Waals surface area contributed by atoms with Crippen molar-refractivity contribution >= 4 is 40.8 Å². The van der Waals surface area contributed by atoms with Crippen molar-refractivity contribution in [2.45, 2.75) is 26.3 Å². The zero-order chi connectivity index (χ0) is 24.1. The molecule has 2 heterocycles. The van der Waals surface area contributed by atoms with Gasteiger partial charge in [-0.25, -0.2) is 4.79 Å². The predicted octanol–water partition coefficient (Wildman–Crippen LogP) is 5.07. The fourth-order valence-electron chi connectivity index (χ4n) is 3.89. The van der Waals surface area contributed by atoms with Crippen molar-refractivity contribution in [1.29, 1.82) is 0 Å². The van der Waals surface area contributed by atoms with E-state index in [0.29, 0.717) is 41.1 Å². The fourth-order valence-corrected chi connectivity index (χ4v) is 4.36. The Hall–Kier alpha value is -2.94. The third-order valence-electron chi connectivity index (χ3n) is 5.55. The van der Waals surface area contributed by atoms with E-state index in [4.69, 9.17) is 32.5 Å². The fraction of sp³-hybridized carbons (Fsp3) is 0.333. The number of esters is 1. The van der Waals surface area contributed by atoms with Crippen LogP contribution in [0, 0.1) is 5.92 Å². The minimum atomic E-state index is -0.494. The van der Waals surface area contributed by atoms with Gasteiger partial charge in [-0.05, 0) is 56.6 Å². The van der Waals surface area contributed by atoms with Crippen LogP contribution in [0.15, 0.2) is 47.0 Å². The van der Waals surface area contributed by atoms with Gasteiger partial charge in [-0.15, -0.1) is 0 Å². The average Bonchev–Trinajstić information content (AvgIpc) is 3.28. The van der Waals surface area contributed by atoms with Gasteiger partial charge in [-0.2, -0.15) is 4.98 Å². The Bertz CT molecular complexity index is 1180. The first-order chi connectivity index (χ1) is 16.4. The van der Waals surface area contributed by atoms with E-state index in [0.717, 1.165) is 19.4 Å². The number of carbonyl (C=O) groups is 2. The van der Waals surface area contributed by atoms with Crippen molar-refractivity contribution in [3.63, 3.8) is 0 Å². The van der Waals surface area contributed by atoms with Gasteiger partial charge in [-0.3, -0.25) is 9.69 Å². The molecule has 8 nitrogen and oxygen atoms in total. The van der Waals surface area contributed by atoms with Crippen molar-refractivity contribution in [3.8, 4) is 11.4 Å². The van der Waals surface area contributed by atoms with Gasteiger partial charge in [0.1, 0.15) is 0 Å². The van der Waals surface area contributed by atoms with Crippen molar-refractivity contribution in [2.75, 3.05) is 25.0 Å². The lowest BCUT2D eigenvalue weighted by Gasteiger charge is -2.30. The molecule has 0 radical (unpaired) electrons. The number of likely N-dealkylation sites (tertiary alicyclic amines) is 1. The Morgan fingerprint density at radius 1 is 1.21 bits per heavy atom. The number of nitrogens with zero attached hydrogens (tertiary/aromatic N) is 3. The van der Waals surface area contributed by atoms with E-state index in [1.165, 1.54) is 0 Å². The molecule has 1 atom stereocenters. The molecule has 0 bridgehead atoms. The highest BCUT2D eigenvalue weighted by Crippen LogP contribution is 2.27. The summed E-state index contributed by atoms with van der Waals surface area (Å²) < 4.78 is 10.4. The summed E-state index contributed by atoms with van der Waals surface area (Å²) in [5.41, 5.74) is 1.50. The molecule has 1 aliphatic heterocycles. The zero-order valence-electron chi connectivity index (χ0n) is 18.6. The first-order valence-electron chi connectivity index (χ1n) is 11.0. The van der Waals surface area contributed by atoms with Gasteiger partial charge >= 0.3 is 5.97 Å². The summed E-state index contributed by atoms with van der Waals surface area (Å²) in [4.78, 5) is 31.4. The molecule has 34 heavy (non-hydrogen) atoms. The van der Waals surface area contributed by atoms with E-state index in [2.05, 4.69) is 20.4 Å². The zero-order valence-corrected chi connectivity index (χ0v) is 20.1. The first kappa shape index (κ1) is 24.2. The molecule has 1 aliphatic rings. The van der Waals surface area contributed by atoms with Crippen molar-refractivity contribution < 1.29 is 18.8 Å². The topological polar surface area (TPSA) is 97.6 Å². The molecule has 1 fully saturated rings. The van der Waals surface area contributed by atoms with Crippen LogP contribution in [0.5, 0.6) is 0 Å². The number of aromatic nitrogens is 2. The Morgan fingerprint density at radius 2 is 2.03 bits per heavy atom. The summed E-state index contributed by atoms with van der Waals surface area (Å²) in [7, 11) is 0. The number of ether oxygens (including phenoxy) is 1. The van der Waals surface area contributed by atoms with Gasteiger partial charge in [0.15, 0.2) is 0 Å². The summed E-state index contributed by atoms with van der Waals surface area (Å²) >= 11 is 12.4. The average molecular weight is 503 g/mol. The molecule has 1 saturated heterocycles. The van der Waals surface area contributed by atoms with E-state index >= 15 is 0 Å². The number of rotatable bonds is 7. The summed E-state index contributed by atoms with van der Waals surface area (Å²) in [6.07, 6.45) is 1.64. The van der Waals surface area contributed by atoms with Crippen LogP contribution in [0.3, 0.4) is 0 Å². The number of hydrogen-bond donors (Lipinski definition) is 1. The minimum absolute atomic E-state index is 0.105. The van der Waals surface area contributed by atoms with Crippen LogP contribution in [0.1, 0.15) is 36.0 Å². The van der Waals surface area contributed by atoms with Crippen LogP contribution in [-0.4, -0.2) is 46.6 Å². The SMILES string of the molecule is CCOC(=O)c1ccc(NC(=O)C2CCCN(Cc3nc(-c4ccccc4Cl)no3)C2)cc1Cl. The molecule has 10 heteroatoms. The number of benzene rings is 2. The quantitative estimate of drug-likeness (QED) is 0.450. The second-order valence-electron chi connectivity index (χ2n) is 7.97. The first-order valence-corrected chi connectivity index (χ1v) is 11.8. The number of carbonyl (C=O) groups excluding carboxylic acids is 2. The second-order valence-corrected chi connectivity index (χ2v) is 8.78. The molecule has 178 valence electrons. The lowest BCUT2D eigenvalue weighted by molar-refractivity contribution is -0.121. The number of amides is 1. The number of halogens is 2. The molecule has 1 N–H and O–H groups in total. The van der Waals surface area contributed by atoms with E-state index in [-0.39, 0.29) is 29.0 Å². The minimum Gasteiger partial charge on any atom is -0.462 e. The van der Waals surface area contributed by atoms with Gasteiger partial charge in [0.2, 0.25) is 17.6 Å². The van der Waals surface area contributed by atoms with Gasteiger partial charge in [0, 0.05) is 17.8 Å². The number of piperidine rings is 1. The largest absolute Gasteiger partial charge is 0.462 e.